The number of hydrogen-bond donors (Lipinski definition) is 0. The van der Waals surface area contributed by atoms with Crippen LogP contribution < -0.4 is 9.64 Å². The molecule has 0 radical (unpaired) electrons. The number of rotatable bonds is 7. The first-order valence-electron chi connectivity index (χ1n) is 8.92. The Bertz CT molecular complexity index is 902. The summed E-state index contributed by atoms with van der Waals surface area (Å²) in [5, 5.41) is 0.966. The van der Waals surface area contributed by atoms with Crippen LogP contribution in [0.5, 0.6) is 5.75 Å². The Kier molecular flexibility index (Phi) is 7.04. The van der Waals surface area contributed by atoms with E-state index in [-0.39, 0.29) is 18.2 Å². The summed E-state index contributed by atoms with van der Waals surface area (Å²) < 4.78 is 44.9. The summed E-state index contributed by atoms with van der Waals surface area (Å²) in [5.41, 5.74) is 0.818. The van der Waals surface area contributed by atoms with Gasteiger partial charge in [0.25, 0.3) is 0 Å². The third kappa shape index (κ3) is 5.29. The first-order chi connectivity index (χ1) is 13.4. The van der Waals surface area contributed by atoms with Crippen LogP contribution in [0.15, 0.2) is 42.5 Å². The van der Waals surface area contributed by atoms with E-state index in [1.807, 2.05) is 17.0 Å². The van der Waals surface area contributed by atoms with E-state index < -0.39 is 10.0 Å². The highest BCUT2D eigenvalue weighted by Gasteiger charge is 2.27. The van der Waals surface area contributed by atoms with Gasteiger partial charge in [0.2, 0.25) is 10.0 Å². The molecule has 2 aromatic rings. The minimum Gasteiger partial charge on any atom is -0.494 e. The molecule has 0 saturated carbocycles. The van der Waals surface area contributed by atoms with Crippen molar-refractivity contribution >= 4 is 38.9 Å². The molecule has 1 aliphatic rings. The van der Waals surface area contributed by atoms with Crippen LogP contribution in [0, 0.1) is 5.82 Å². The number of benzene rings is 2. The van der Waals surface area contributed by atoms with Crippen molar-refractivity contribution in [3.63, 3.8) is 0 Å². The van der Waals surface area contributed by atoms with Gasteiger partial charge >= 0.3 is 0 Å². The zero-order valence-corrected chi connectivity index (χ0v) is 17.5. The van der Waals surface area contributed by atoms with Gasteiger partial charge in [0, 0.05) is 26.2 Å². The number of ether oxygens (including phenoxy) is 1. The number of sulfonamides is 1. The highest BCUT2D eigenvalue weighted by molar-refractivity contribution is 7.89. The molecule has 0 N–H and O–H groups in total. The van der Waals surface area contributed by atoms with Gasteiger partial charge in [-0.25, -0.2) is 12.8 Å². The maximum atomic E-state index is 12.9. The number of halogens is 3. The average molecular weight is 447 g/mol. The zero-order chi connectivity index (χ0) is 20.1. The van der Waals surface area contributed by atoms with E-state index in [9.17, 15) is 12.8 Å². The molecule has 0 aliphatic carbocycles. The zero-order valence-electron chi connectivity index (χ0n) is 15.2. The maximum absolute atomic E-state index is 12.9. The largest absolute Gasteiger partial charge is 0.494 e. The van der Waals surface area contributed by atoms with Crippen LogP contribution in [-0.2, 0) is 10.0 Å². The molecule has 0 unspecified atom stereocenters. The lowest BCUT2D eigenvalue weighted by Gasteiger charge is -2.35. The second-order valence-corrected chi connectivity index (χ2v) is 9.30. The fourth-order valence-electron chi connectivity index (χ4n) is 3.04. The lowest BCUT2D eigenvalue weighted by molar-refractivity contribution is 0.314. The van der Waals surface area contributed by atoms with Crippen molar-refractivity contribution in [2.75, 3.05) is 43.4 Å². The molecule has 1 saturated heterocycles. The first kappa shape index (κ1) is 21.2. The molecule has 1 heterocycles. The Morgan fingerprint density at radius 3 is 2.36 bits per heavy atom. The molecule has 0 aromatic heterocycles. The topological polar surface area (TPSA) is 49.9 Å². The van der Waals surface area contributed by atoms with E-state index in [1.54, 1.807) is 6.07 Å². The molecule has 0 bridgehead atoms. The Labute approximate surface area is 174 Å². The van der Waals surface area contributed by atoms with Crippen LogP contribution in [0.25, 0.3) is 0 Å². The quantitative estimate of drug-likeness (QED) is 0.601. The summed E-state index contributed by atoms with van der Waals surface area (Å²) >= 11 is 12.3. The number of nitrogens with zero attached hydrogens (tertiary/aromatic N) is 2. The molecule has 2 aromatic carbocycles. The Hall–Kier alpha value is -1.54. The molecule has 0 amide bonds. The van der Waals surface area contributed by atoms with E-state index in [4.69, 9.17) is 27.9 Å². The minimum absolute atomic E-state index is 0.00607. The molecular weight excluding hydrogens is 426 g/mol. The third-order valence-electron chi connectivity index (χ3n) is 4.53. The predicted molar refractivity (Wildman–Crippen MR) is 111 cm³/mol. The van der Waals surface area contributed by atoms with Crippen molar-refractivity contribution in [2.24, 2.45) is 0 Å². The minimum atomic E-state index is -3.36. The van der Waals surface area contributed by atoms with Gasteiger partial charge in [-0.2, -0.15) is 4.31 Å². The molecular formula is C19H21Cl2FN2O3S. The summed E-state index contributed by atoms with van der Waals surface area (Å²) in [6.45, 7) is 2.13. The van der Waals surface area contributed by atoms with Crippen LogP contribution in [0.4, 0.5) is 10.1 Å². The summed E-state index contributed by atoms with van der Waals surface area (Å²) in [6.07, 6.45) is 0.361. The van der Waals surface area contributed by atoms with Gasteiger partial charge in [0.05, 0.1) is 28.1 Å². The van der Waals surface area contributed by atoms with Crippen LogP contribution in [0.1, 0.15) is 6.42 Å². The van der Waals surface area contributed by atoms with Crippen molar-refractivity contribution in [3.8, 4) is 5.75 Å². The molecule has 28 heavy (non-hydrogen) atoms. The first-order valence-corrected chi connectivity index (χ1v) is 11.3. The molecule has 5 nitrogen and oxygen atoms in total. The molecule has 9 heteroatoms. The third-order valence-corrected chi connectivity index (χ3v) is 7.30. The van der Waals surface area contributed by atoms with Gasteiger partial charge < -0.3 is 9.64 Å². The molecule has 0 spiro atoms. The van der Waals surface area contributed by atoms with E-state index in [0.717, 1.165) is 5.69 Å². The smallest absolute Gasteiger partial charge is 0.214 e. The van der Waals surface area contributed by atoms with Gasteiger partial charge in [-0.3, -0.25) is 0 Å². The predicted octanol–water partition coefficient (Wildman–Crippen LogP) is 4.05. The van der Waals surface area contributed by atoms with Gasteiger partial charge in [-0.15, -0.1) is 0 Å². The molecule has 152 valence electrons. The second-order valence-electron chi connectivity index (χ2n) is 6.43. The molecule has 0 atom stereocenters. The van der Waals surface area contributed by atoms with Crippen LogP contribution in [0.2, 0.25) is 10.0 Å². The van der Waals surface area contributed by atoms with Crippen molar-refractivity contribution in [2.45, 2.75) is 6.42 Å². The van der Waals surface area contributed by atoms with E-state index in [1.165, 1.54) is 28.6 Å². The Morgan fingerprint density at radius 1 is 1.00 bits per heavy atom. The van der Waals surface area contributed by atoms with Crippen molar-refractivity contribution in [1.29, 1.82) is 0 Å². The molecule has 3 rings (SSSR count). The standard InChI is InChI=1S/C19H21Cl2FN2O3S/c20-17-3-1-4-18(19(17)21)23-9-11-24(12-10-23)28(25,26)14-2-13-27-16-7-5-15(22)6-8-16/h1,3-8H,2,9-14H2. The van der Waals surface area contributed by atoms with Gasteiger partial charge in [0.15, 0.2) is 0 Å². The van der Waals surface area contributed by atoms with Gasteiger partial charge in [-0.05, 0) is 42.8 Å². The van der Waals surface area contributed by atoms with Crippen molar-refractivity contribution < 1.29 is 17.5 Å². The van der Waals surface area contributed by atoms with Crippen LogP contribution in [-0.4, -0.2) is 51.3 Å². The molecule has 1 aliphatic heterocycles. The maximum Gasteiger partial charge on any atom is 0.214 e. The summed E-state index contributed by atoms with van der Waals surface area (Å²) in [6, 6.07) is 11.1. The van der Waals surface area contributed by atoms with Crippen molar-refractivity contribution in [1.82, 2.24) is 4.31 Å². The number of anilines is 1. The summed E-state index contributed by atoms with van der Waals surface area (Å²) in [5.74, 6) is 0.186. The average Bonchev–Trinajstić information content (AvgIpc) is 2.69. The van der Waals surface area contributed by atoms with Crippen LogP contribution >= 0.6 is 23.2 Å². The fourth-order valence-corrected chi connectivity index (χ4v) is 4.91. The number of piperazine rings is 1. The normalized spacial score (nSPS) is 15.6. The highest BCUT2D eigenvalue weighted by atomic mass is 35.5. The van der Waals surface area contributed by atoms with E-state index >= 15 is 0 Å². The Morgan fingerprint density at radius 2 is 1.68 bits per heavy atom. The Balaban J connectivity index is 1.47. The number of hydrogen-bond acceptors (Lipinski definition) is 4. The summed E-state index contributed by atoms with van der Waals surface area (Å²) in [4.78, 5) is 2.04. The van der Waals surface area contributed by atoms with Crippen molar-refractivity contribution in [3.05, 3.63) is 58.3 Å². The fraction of sp³-hybridized carbons (Fsp3) is 0.368. The van der Waals surface area contributed by atoms with Crippen LogP contribution in [0.3, 0.4) is 0 Å². The monoisotopic (exact) mass is 446 g/mol. The van der Waals surface area contributed by atoms with E-state index in [0.29, 0.717) is 48.4 Å². The second kappa shape index (κ2) is 9.31. The lowest BCUT2D eigenvalue weighted by Crippen LogP contribution is -2.49. The molecule has 1 fully saturated rings. The lowest BCUT2D eigenvalue weighted by atomic mass is 10.2. The van der Waals surface area contributed by atoms with Gasteiger partial charge in [0.1, 0.15) is 11.6 Å². The van der Waals surface area contributed by atoms with Gasteiger partial charge in [-0.1, -0.05) is 29.3 Å². The van der Waals surface area contributed by atoms with E-state index in [2.05, 4.69) is 0 Å². The summed E-state index contributed by atoms with van der Waals surface area (Å²) in [7, 11) is -3.36. The SMILES string of the molecule is O=S(=O)(CCCOc1ccc(F)cc1)N1CCN(c2cccc(Cl)c2Cl)CC1. The highest BCUT2D eigenvalue weighted by Crippen LogP contribution is 2.33.